The fourth-order valence-electron chi connectivity index (χ4n) is 2.38. The smallest absolute Gasteiger partial charge is 0.338 e. The van der Waals surface area contributed by atoms with E-state index in [1.54, 1.807) is 12.1 Å². The van der Waals surface area contributed by atoms with Gasteiger partial charge in [-0.1, -0.05) is 12.1 Å². The van der Waals surface area contributed by atoms with Gasteiger partial charge in [0.2, 0.25) is 5.43 Å². The molecule has 0 saturated carbocycles. The zero-order chi connectivity index (χ0) is 16.6. The molecule has 2 N–H and O–H groups in total. The van der Waals surface area contributed by atoms with Crippen LogP contribution in [-0.4, -0.2) is 26.0 Å². The number of aromatic nitrogens is 2. The summed E-state index contributed by atoms with van der Waals surface area (Å²) in [4.78, 5) is 22.8. The Labute approximate surface area is 129 Å². The van der Waals surface area contributed by atoms with E-state index in [1.165, 1.54) is 22.9 Å². The van der Waals surface area contributed by atoms with Gasteiger partial charge < -0.3 is 10.2 Å². The van der Waals surface area contributed by atoms with Crippen molar-refractivity contribution in [3.05, 3.63) is 69.8 Å². The number of aromatic hydroxyl groups is 1. The van der Waals surface area contributed by atoms with Crippen LogP contribution >= 0.6 is 0 Å². The van der Waals surface area contributed by atoms with Crippen molar-refractivity contribution in [3.63, 3.8) is 0 Å². The molecule has 23 heavy (non-hydrogen) atoms. The Balaban J connectivity index is 2.13. The molecule has 0 aliphatic carbocycles. The fourth-order valence-corrected chi connectivity index (χ4v) is 2.38. The summed E-state index contributed by atoms with van der Waals surface area (Å²) in [5.41, 5.74) is -0.0692. The van der Waals surface area contributed by atoms with Crippen LogP contribution < -0.4 is 5.43 Å². The predicted octanol–water partition coefficient (Wildman–Crippen LogP) is 1.99. The maximum atomic E-state index is 13.4. The quantitative estimate of drug-likeness (QED) is 0.771. The van der Waals surface area contributed by atoms with Gasteiger partial charge in [-0.15, -0.1) is 0 Å². The van der Waals surface area contributed by atoms with E-state index < -0.39 is 17.3 Å². The molecule has 1 heterocycles. The first kappa shape index (κ1) is 14.7. The lowest BCUT2D eigenvalue weighted by Gasteiger charge is -2.11. The Bertz CT molecular complexity index is 981. The SMILES string of the molecule is O=C(O)c1cc(Cn2ncc(=O)c3cccc(O)c32)ccc1F. The Morgan fingerprint density at radius 3 is 2.78 bits per heavy atom. The van der Waals surface area contributed by atoms with E-state index in [9.17, 15) is 19.1 Å². The van der Waals surface area contributed by atoms with Crippen molar-refractivity contribution in [2.24, 2.45) is 0 Å². The number of carboxylic acid groups (broad SMARTS) is 1. The number of nitrogens with zero attached hydrogens (tertiary/aromatic N) is 2. The Kier molecular flexibility index (Phi) is 3.53. The van der Waals surface area contributed by atoms with Gasteiger partial charge in [-0.3, -0.25) is 9.48 Å². The maximum Gasteiger partial charge on any atom is 0.338 e. The lowest BCUT2D eigenvalue weighted by Crippen LogP contribution is -2.13. The van der Waals surface area contributed by atoms with Crippen molar-refractivity contribution < 1.29 is 19.4 Å². The number of fused-ring (bicyclic) bond motifs is 1. The number of rotatable bonds is 3. The van der Waals surface area contributed by atoms with Gasteiger partial charge in [0, 0.05) is 0 Å². The van der Waals surface area contributed by atoms with Crippen molar-refractivity contribution in [2.75, 3.05) is 0 Å². The summed E-state index contributed by atoms with van der Waals surface area (Å²) in [5.74, 6) is -2.32. The second-order valence-electron chi connectivity index (χ2n) is 4.96. The molecule has 0 unspecified atom stereocenters. The van der Waals surface area contributed by atoms with E-state index in [0.29, 0.717) is 10.9 Å². The molecular formula is C16H11FN2O4. The molecule has 3 aromatic rings. The minimum absolute atomic E-state index is 0.0783. The topological polar surface area (TPSA) is 92.4 Å². The maximum absolute atomic E-state index is 13.4. The Morgan fingerprint density at radius 1 is 1.26 bits per heavy atom. The lowest BCUT2D eigenvalue weighted by molar-refractivity contribution is 0.0691. The van der Waals surface area contributed by atoms with E-state index in [-0.39, 0.29) is 23.2 Å². The first-order valence-electron chi connectivity index (χ1n) is 6.67. The molecule has 0 saturated heterocycles. The second-order valence-corrected chi connectivity index (χ2v) is 4.96. The van der Waals surface area contributed by atoms with Gasteiger partial charge in [0.05, 0.1) is 23.7 Å². The van der Waals surface area contributed by atoms with E-state index in [0.717, 1.165) is 12.3 Å². The van der Waals surface area contributed by atoms with E-state index in [1.807, 2.05) is 0 Å². The molecule has 116 valence electrons. The third-order valence-electron chi connectivity index (χ3n) is 3.45. The fraction of sp³-hybridized carbons (Fsp3) is 0.0625. The van der Waals surface area contributed by atoms with Gasteiger partial charge in [0.25, 0.3) is 0 Å². The summed E-state index contributed by atoms with van der Waals surface area (Å²) < 4.78 is 14.8. The van der Waals surface area contributed by atoms with Gasteiger partial charge in [-0.05, 0) is 29.8 Å². The highest BCUT2D eigenvalue weighted by molar-refractivity contribution is 5.88. The molecule has 0 aliphatic rings. The summed E-state index contributed by atoms with van der Waals surface area (Å²) >= 11 is 0. The minimum Gasteiger partial charge on any atom is -0.506 e. The number of carboxylic acids is 1. The van der Waals surface area contributed by atoms with Crippen LogP contribution in [0.3, 0.4) is 0 Å². The van der Waals surface area contributed by atoms with Crippen LogP contribution in [0.1, 0.15) is 15.9 Å². The van der Waals surface area contributed by atoms with Crippen LogP contribution in [0.5, 0.6) is 5.75 Å². The molecule has 0 radical (unpaired) electrons. The van der Waals surface area contributed by atoms with Crippen molar-refractivity contribution in [1.29, 1.82) is 0 Å². The number of aromatic carboxylic acids is 1. The molecule has 2 aromatic carbocycles. The van der Waals surface area contributed by atoms with Crippen LogP contribution in [0.2, 0.25) is 0 Å². The summed E-state index contributed by atoms with van der Waals surface area (Å²) in [6.07, 6.45) is 1.11. The number of phenolic OH excluding ortho intramolecular Hbond substituents is 1. The second kappa shape index (κ2) is 5.53. The van der Waals surface area contributed by atoms with E-state index in [2.05, 4.69) is 5.10 Å². The number of phenols is 1. The van der Waals surface area contributed by atoms with Crippen LogP contribution in [0.4, 0.5) is 4.39 Å². The summed E-state index contributed by atoms with van der Waals surface area (Å²) in [5, 5.41) is 23.2. The highest BCUT2D eigenvalue weighted by Gasteiger charge is 2.13. The van der Waals surface area contributed by atoms with Crippen LogP contribution in [0.25, 0.3) is 10.9 Å². The van der Waals surface area contributed by atoms with Crippen LogP contribution in [-0.2, 0) is 6.54 Å². The van der Waals surface area contributed by atoms with Crippen LogP contribution in [0.15, 0.2) is 47.4 Å². The highest BCUT2D eigenvalue weighted by Crippen LogP contribution is 2.22. The molecule has 0 atom stereocenters. The Hall–Kier alpha value is -3.22. The van der Waals surface area contributed by atoms with Gasteiger partial charge >= 0.3 is 5.97 Å². The molecule has 7 heteroatoms. The molecule has 1 aromatic heterocycles. The lowest BCUT2D eigenvalue weighted by atomic mass is 10.1. The number of hydrogen-bond donors (Lipinski definition) is 2. The van der Waals surface area contributed by atoms with Crippen LogP contribution in [0, 0.1) is 5.82 Å². The third kappa shape index (κ3) is 2.64. The molecule has 0 amide bonds. The summed E-state index contributed by atoms with van der Waals surface area (Å²) in [6.45, 7) is 0.0783. The number of benzene rings is 2. The average molecular weight is 314 g/mol. The normalized spacial score (nSPS) is 10.8. The monoisotopic (exact) mass is 314 g/mol. The molecule has 0 fully saturated rings. The first-order valence-corrected chi connectivity index (χ1v) is 6.67. The summed E-state index contributed by atoms with van der Waals surface area (Å²) in [6, 6.07) is 8.21. The van der Waals surface area contributed by atoms with E-state index in [4.69, 9.17) is 5.11 Å². The van der Waals surface area contributed by atoms with Crippen molar-refractivity contribution >= 4 is 16.9 Å². The number of hydrogen-bond acceptors (Lipinski definition) is 4. The zero-order valence-electron chi connectivity index (χ0n) is 11.7. The minimum atomic E-state index is -1.37. The van der Waals surface area contributed by atoms with Crippen molar-refractivity contribution in [3.8, 4) is 5.75 Å². The standard InChI is InChI=1S/C16H11FN2O4/c17-12-5-4-9(6-11(12)16(22)23)8-19-15-10(14(21)7-18-19)2-1-3-13(15)20/h1-7,20H,8H2,(H,22,23). The molecule has 6 nitrogen and oxygen atoms in total. The number of halogens is 1. The van der Waals surface area contributed by atoms with Gasteiger partial charge in [-0.2, -0.15) is 5.10 Å². The summed E-state index contributed by atoms with van der Waals surface area (Å²) in [7, 11) is 0. The molecule has 0 spiro atoms. The van der Waals surface area contributed by atoms with Gasteiger partial charge in [-0.25, -0.2) is 9.18 Å². The first-order chi connectivity index (χ1) is 11.0. The number of carbonyl (C=O) groups is 1. The molecule has 0 bridgehead atoms. The molecular weight excluding hydrogens is 303 g/mol. The number of para-hydroxylation sites is 1. The molecule has 0 aliphatic heterocycles. The van der Waals surface area contributed by atoms with E-state index >= 15 is 0 Å². The van der Waals surface area contributed by atoms with Gasteiger partial charge in [0.1, 0.15) is 17.1 Å². The zero-order valence-corrected chi connectivity index (χ0v) is 11.7. The third-order valence-corrected chi connectivity index (χ3v) is 3.45. The average Bonchev–Trinajstić information content (AvgIpc) is 2.52. The van der Waals surface area contributed by atoms with Crippen molar-refractivity contribution in [1.82, 2.24) is 9.78 Å². The predicted molar refractivity (Wildman–Crippen MR) is 80.1 cm³/mol. The Morgan fingerprint density at radius 2 is 2.04 bits per heavy atom. The highest BCUT2D eigenvalue weighted by atomic mass is 19.1. The van der Waals surface area contributed by atoms with Crippen molar-refractivity contribution in [2.45, 2.75) is 6.54 Å². The molecule has 3 rings (SSSR count). The van der Waals surface area contributed by atoms with Gasteiger partial charge in [0.15, 0.2) is 0 Å². The largest absolute Gasteiger partial charge is 0.506 e.